The molecule has 0 amide bonds. The van der Waals surface area contributed by atoms with Gasteiger partial charge in [0, 0.05) is 14.9 Å². The van der Waals surface area contributed by atoms with E-state index in [1.807, 2.05) is 24.3 Å². The minimum absolute atomic E-state index is 0.340. The molecule has 9 heteroatoms. The lowest BCUT2D eigenvalue weighted by Gasteiger charge is -2.10. The molecule has 7 nitrogen and oxygen atoms in total. The SMILES string of the molecule is Nc1nc(Cn2nnc(-c3ccc(Br)cc3)n2)nc2sc3c(c12)CCCC3. The first-order chi connectivity index (χ1) is 13.2. The third kappa shape index (κ3) is 3.10. The van der Waals surface area contributed by atoms with Crippen LogP contribution in [0, 0.1) is 0 Å². The van der Waals surface area contributed by atoms with Gasteiger partial charge in [-0.2, -0.15) is 4.80 Å². The van der Waals surface area contributed by atoms with Crippen molar-refractivity contribution in [2.24, 2.45) is 0 Å². The fourth-order valence-corrected chi connectivity index (χ4v) is 5.01. The number of fused-ring (bicyclic) bond motifs is 3. The fraction of sp³-hybridized carbons (Fsp3) is 0.278. The van der Waals surface area contributed by atoms with Crippen molar-refractivity contribution in [1.29, 1.82) is 0 Å². The maximum Gasteiger partial charge on any atom is 0.204 e. The van der Waals surface area contributed by atoms with Gasteiger partial charge in [0.05, 0.1) is 5.39 Å². The first-order valence-electron chi connectivity index (χ1n) is 8.78. The average Bonchev–Trinajstić information content (AvgIpc) is 3.26. The summed E-state index contributed by atoms with van der Waals surface area (Å²) < 4.78 is 1.01. The minimum Gasteiger partial charge on any atom is -0.383 e. The van der Waals surface area contributed by atoms with Crippen LogP contribution in [-0.2, 0) is 19.4 Å². The van der Waals surface area contributed by atoms with Crippen molar-refractivity contribution in [3.63, 3.8) is 0 Å². The van der Waals surface area contributed by atoms with E-state index in [0.29, 0.717) is 24.0 Å². The number of thiophene rings is 1. The second-order valence-electron chi connectivity index (χ2n) is 6.57. The van der Waals surface area contributed by atoms with Crippen molar-refractivity contribution in [3.8, 4) is 11.4 Å². The molecule has 1 aliphatic rings. The molecule has 136 valence electrons. The monoisotopic (exact) mass is 441 g/mol. The number of aryl methyl sites for hydroxylation is 2. The average molecular weight is 442 g/mol. The van der Waals surface area contributed by atoms with E-state index in [1.165, 1.54) is 28.1 Å². The Kier molecular flexibility index (Phi) is 4.13. The molecule has 0 spiro atoms. The maximum atomic E-state index is 6.28. The zero-order valence-corrected chi connectivity index (χ0v) is 16.8. The van der Waals surface area contributed by atoms with E-state index < -0.39 is 0 Å². The number of benzene rings is 1. The number of nitrogen functional groups attached to an aromatic ring is 1. The Morgan fingerprint density at radius 3 is 2.78 bits per heavy atom. The number of tetrazole rings is 1. The zero-order valence-electron chi connectivity index (χ0n) is 14.4. The van der Waals surface area contributed by atoms with Gasteiger partial charge in [-0.15, -0.1) is 21.5 Å². The predicted octanol–water partition coefficient (Wildman–Crippen LogP) is 3.62. The van der Waals surface area contributed by atoms with Gasteiger partial charge in [-0.05, 0) is 60.7 Å². The Balaban J connectivity index is 1.46. The number of hydrogen-bond acceptors (Lipinski definition) is 7. The van der Waals surface area contributed by atoms with Crippen molar-refractivity contribution in [2.45, 2.75) is 32.2 Å². The van der Waals surface area contributed by atoms with Gasteiger partial charge >= 0.3 is 0 Å². The number of rotatable bonds is 3. The lowest BCUT2D eigenvalue weighted by Crippen LogP contribution is -2.09. The number of halogens is 1. The summed E-state index contributed by atoms with van der Waals surface area (Å²) in [5.74, 6) is 1.74. The molecule has 1 aromatic carbocycles. The third-order valence-corrected chi connectivity index (χ3v) is 6.44. The van der Waals surface area contributed by atoms with Gasteiger partial charge in [0.15, 0.2) is 5.82 Å². The molecule has 0 saturated heterocycles. The van der Waals surface area contributed by atoms with Gasteiger partial charge in [-0.25, -0.2) is 9.97 Å². The molecule has 0 fully saturated rings. The number of nitrogens with zero attached hydrogens (tertiary/aromatic N) is 6. The Hall–Kier alpha value is -2.39. The second-order valence-corrected chi connectivity index (χ2v) is 8.57. The van der Waals surface area contributed by atoms with Crippen LogP contribution in [0.15, 0.2) is 28.7 Å². The summed E-state index contributed by atoms with van der Waals surface area (Å²) in [6.45, 7) is 0.340. The maximum absolute atomic E-state index is 6.28. The normalized spacial score (nSPS) is 13.8. The molecule has 0 bridgehead atoms. The molecule has 1 aliphatic carbocycles. The Bertz CT molecular complexity index is 1130. The largest absolute Gasteiger partial charge is 0.383 e. The molecule has 0 atom stereocenters. The number of hydrogen-bond donors (Lipinski definition) is 1. The topological polar surface area (TPSA) is 95.4 Å². The summed E-state index contributed by atoms with van der Waals surface area (Å²) in [4.78, 5) is 13.1. The summed E-state index contributed by atoms with van der Waals surface area (Å²) in [7, 11) is 0. The van der Waals surface area contributed by atoms with Gasteiger partial charge in [0.25, 0.3) is 0 Å². The molecule has 0 aliphatic heterocycles. The number of aromatic nitrogens is 6. The van der Waals surface area contributed by atoms with Crippen LogP contribution in [0.2, 0.25) is 0 Å². The zero-order chi connectivity index (χ0) is 18.4. The highest BCUT2D eigenvalue weighted by atomic mass is 79.9. The van der Waals surface area contributed by atoms with Crippen LogP contribution in [0.25, 0.3) is 21.6 Å². The van der Waals surface area contributed by atoms with Crippen molar-refractivity contribution >= 4 is 43.3 Å². The predicted molar refractivity (Wildman–Crippen MR) is 109 cm³/mol. The van der Waals surface area contributed by atoms with E-state index in [1.54, 1.807) is 11.3 Å². The lowest BCUT2D eigenvalue weighted by molar-refractivity contribution is 0.556. The van der Waals surface area contributed by atoms with Crippen LogP contribution < -0.4 is 5.73 Å². The summed E-state index contributed by atoms with van der Waals surface area (Å²) in [6.07, 6.45) is 4.64. The van der Waals surface area contributed by atoms with Crippen LogP contribution in [-0.4, -0.2) is 30.2 Å². The van der Waals surface area contributed by atoms with Crippen LogP contribution in [0.4, 0.5) is 5.82 Å². The standard InChI is InChI=1S/C18H16BrN7S/c19-11-7-5-10(6-8-11)17-23-25-26(24-17)9-14-21-16(20)15-12-3-1-2-4-13(12)27-18(15)22-14/h5-8H,1-4,9H2,(H2,20,21,22). The summed E-state index contributed by atoms with van der Waals surface area (Å²) >= 11 is 5.17. The molecule has 4 aromatic rings. The van der Waals surface area contributed by atoms with Crippen molar-refractivity contribution in [1.82, 2.24) is 30.2 Å². The molecule has 2 N–H and O–H groups in total. The van der Waals surface area contributed by atoms with Crippen LogP contribution in [0.5, 0.6) is 0 Å². The highest BCUT2D eigenvalue weighted by molar-refractivity contribution is 9.10. The quantitative estimate of drug-likeness (QED) is 0.521. The van der Waals surface area contributed by atoms with Crippen molar-refractivity contribution in [2.75, 3.05) is 5.73 Å². The number of anilines is 1. The van der Waals surface area contributed by atoms with Gasteiger partial charge in [0.2, 0.25) is 5.82 Å². The van der Waals surface area contributed by atoms with Gasteiger partial charge in [-0.3, -0.25) is 0 Å². The van der Waals surface area contributed by atoms with Crippen LogP contribution in [0.1, 0.15) is 29.1 Å². The molecule has 27 heavy (non-hydrogen) atoms. The van der Waals surface area contributed by atoms with Gasteiger partial charge in [-0.1, -0.05) is 15.9 Å². The smallest absolute Gasteiger partial charge is 0.204 e. The van der Waals surface area contributed by atoms with E-state index in [4.69, 9.17) is 10.7 Å². The molecule has 3 aromatic heterocycles. The summed E-state index contributed by atoms with van der Waals surface area (Å²) in [6, 6.07) is 7.79. The Labute approximate surface area is 167 Å². The second kappa shape index (κ2) is 6.65. The molecule has 3 heterocycles. The Morgan fingerprint density at radius 2 is 1.93 bits per heavy atom. The summed E-state index contributed by atoms with van der Waals surface area (Å²) in [5.41, 5.74) is 8.53. The van der Waals surface area contributed by atoms with E-state index in [0.717, 1.165) is 33.1 Å². The lowest BCUT2D eigenvalue weighted by atomic mass is 9.97. The van der Waals surface area contributed by atoms with Crippen LogP contribution in [0.3, 0.4) is 0 Å². The fourth-order valence-electron chi connectivity index (χ4n) is 3.45. The molecule has 0 saturated carbocycles. The van der Waals surface area contributed by atoms with E-state index in [-0.39, 0.29) is 0 Å². The summed E-state index contributed by atoms with van der Waals surface area (Å²) in [5, 5.41) is 13.7. The third-order valence-electron chi connectivity index (χ3n) is 4.73. The molecular formula is C18H16BrN7S. The Morgan fingerprint density at radius 1 is 1.11 bits per heavy atom. The van der Waals surface area contributed by atoms with E-state index in [2.05, 4.69) is 36.3 Å². The van der Waals surface area contributed by atoms with Gasteiger partial charge in [0.1, 0.15) is 17.2 Å². The highest BCUT2D eigenvalue weighted by Gasteiger charge is 2.20. The molecule has 0 unspecified atom stereocenters. The molecule has 0 radical (unpaired) electrons. The first-order valence-corrected chi connectivity index (χ1v) is 10.4. The molecule has 5 rings (SSSR count). The van der Waals surface area contributed by atoms with Crippen LogP contribution >= 0.6 is 27.3 Å². The van der Waals surface area contributed by atoms with Crippen molar-refractivity contribution in [3.05, 3.63) is 45.0 Å². The first kappa shape index (κ1) is 16.8. The molecular weight excluding hydrogens is 426 g/mol. The van der Waals surface area contributed by atoms with E-state index in [9.17, 15) is 0 Å². The number of nitrogens with two attached hydrogens (primary N) is 1. The van der Waals surface area contributed by atoms with Gasteiger partial charge < -0.3 is 5.73 Å². The minimum atomic E-state index is 0.340. The van der Waals surface area contributed by atoms with Crippen molar-refractivity contribution < 1.29 is 0 Å². The highest BCUT2D eigenvalue weighted by Crippen LogP contribution is 2.37. The van der Waals surface area contributed by atoms with E-state index >= 15 is 0 Å².